The fourth-order valence-corrected chi connectivity index (χ4v) is 5.95. The smallest absolute Gasteiger partial charge is 0.325 e. The second kappa shape index (κ2) is 7.17. The number of sulfone groups is 1. The number of carbonyl (C=O) groups is 3. The lowest BCUT2D eigenvalue weighted by atomic mass is 10.1. The van der Waals surface area contributed by atoms with Gasteiger partial charge in [0.05, 0.1) is 11.5 Å². The molecule has 0 radical (unpaired) electrons. The topological polar surface area (TPSA) is 104 Å². The maximum absolute atomic E-state index is 13.0. The Kier molecular flexibility index (Phi) is 5.28. The number of nitrogens with zero attached hydrogens (tertiary/aromatic N) is 2. The summed E-state index contributed by atoms with van der Waals surface area (Å²) < 4.78 is 23.8. The van der Waals surface area contributed by atoms with Crippen molar-refractivity contribution in [1.29, 1.82) is 0 Å². The molecule has 3 fully saturated rings. The number of imide groups is 1. The van der Waals surface area contributed by atoms with Gasteiger partial charge in [0.2, 0.25) is 5.91 Å². The molecule has 3 aliphatic rings. The standard InChI is InChI=1S/C17H27N3O5S/c1-11(2)15-16(22)19(17(23)18-15)9-14(21)20(12-5-3-4-6-12)13-7-8-26(24,25)10-13/h11-13,15H,3-10H2,1-2H3,(H,18,23)/t13-,15+/m0/s1. The molecular weight excluding hydrogens is 358 g/mol. The highest BCUT2D eigenvalue weighted by molar-refractivity contribution is 7.91. The second-order valence-corrected chi connectivity index (χ2v) is 10.1. The molecule has 26 heavy (non-hydrogen) atoms. The average molecular weight is 385 g/mol. The van der Waals surface area contributed by atoms with Crippen LogP contribution in [0.2, 0.25) is 0 Å². The van der Waals surface area contributed by atoms with Crippen LogP contribution in [0.25, 0.3) is 0 Å². The summed E-state index contributed by atoms with van der Waals surface area (Å²) in [7, 11) is -3.13. The summed E-state index contributed by atoms with van der Waals surface area (Å²) >= 11 is 0. The monoisotopic (exact) mass is 385 g/mol. The van der Waals surface area contributed by atoms with Crippen molar-refractivity contribution in [3.05, 3.63) is 0 Å². The van der Waals surface area contributed by atoms with E-state index in [2.05, 4.69) is 5.32 Å². The molecule has 2 atom stereocenters. The Morgan fingerprint density at radius 1 is 1.19 bits per heavy atom. The summed E-state index contributed by atoms with van der Waals surface area (Å²) in [5, 5.41) is 2.62. The maximum atomic E-state index is 13.0. The molecular formula is C17H27N3O5S. The van der Waals surface area contributed by atoms with Crippen molar-refractivity contribution < 1.29 is 22.8 Å². The van der Waals surface area contributed by atoms with E-state index in [1.165, 1.54) is 0 Å². The highest BCUT2D eigenvalue weighted by Gasteiger charge is 2.44. The summed E-state index contributed by atoms with van der Waals surface area (Å²) in [6.07, 6.45) is 4.13. The maximum Gasteiger partial charge on any atom is 0.325 e. The fourth-order valence-electron chi connectivity index (χ4n) is 4.24. The number of carbonyl (C=O) groups excluding carboxylic acids is 3. The molecule has 0 aromatic rings. The zero-order chi connectivity index (χ0) is 19.1. The molecule has 2 aliphatic heterocycles. The Bertz CT molecular complexity index is 699. The van der Waals surface area contributed by atoms with Crippen LogP contribution in [0.4, 0.5) is 4.79 Å². The summed E-state index contributed by atoms with van der Waals surface area (Å²) in [4.78, 5) is 40.2. The Balaban J connectivity index is 1.76. The van der Waals surface area contributed by atoms with Gasteiger partial charge in [0.15, 0.2) is 9.84 Å². The molecule has 146 valence electrons. The van der Waals surface area contributed by atoms with Crippen LogP contribution < -0.4 is 5.32 Å². The predicted octanol–water partition coefficient (Wildman–Crippen LogP) is 0.521. The molecule has 9 heteroatoms. The zero-order valence-electron chi connectivity index (χ0n) is 15.3. The van der Waals surface area contributed by atoms with E-state index in [4.69, 9.17) is 0 Å². The van der Waals surface area contributed by atoms with E-state index in [1.54, 1.807) is 4.90 Å². The van der Waals surface area contributed by atoms with Crippen molar-refractivity contribution in [2.24, 2.45) is 5.92 Å². The first-order valence-electron chi connectivity index (χ1n) is 9.33. The van der Waals surface area contributed by atoms with Gasteiger partial charge in [-0.05, 0) is 25.2 Å². The number of urea groups is 1. The molecule has 1 saturated carbocycles. The van der Waals surface area contributed by atoms with Crippen molar-refractivity contribution >= 4 is 27.7 Å². The van der Waals surface area contributed by atoms with Gasteiger partial charge in [-0.25, -0.2) is 13.2 Å². The number of hydrogen-bond acceptors (Lipinski definition) is 5. The van der Waals surface area contributed by atoms with E-state index >= 15 is 0 Å². The normalized spacial score (nSPS) is 28.8. The molecule has 0 bridgehead atoms. The first kappa shape index (κ1) is 19.1. The quantitative estimate of drug-likeness (QED) is 0.695. The molecule has 1 aliphatic carbocycles. The van der Waals surface area contributed by atoms with Gasteiger partial charge >= 0.3 is 6.03 Å². The fraction of sp³-hybridized carbons (Fsp3) is 0.824. The second-order valence-electron chi connectivity index (χ2n) is 7.89. The number of hydrogen-bond donors (Lipinski definition) is 1. The van der Waals surface area contributed by atoms with Crippen LogP contribution >= 0.6 is 0 Å². The van der Waals surface area contributed by atoms with Gasteiger partial charge in [-0.3, -0.25) is 14.5 Å². The third-order valence-electron chi connectivity index (χ3n) is 5.62. The third kappa shape index (κ3) is 3.72. The Morgan fingerprint density at radius 3 is 2.35 bits per heavy atom. The van der Waals surface area contributed by atoms with E-state index in [0.717, 1.165) is 30.6 Å². The summed E-state index contributed by atoms with van der Waals surface area (Å²) in [5.41, 5.74) is 0. The van der Waals surface area contributed by atoms with Crippen molar-refractivity contribution in [3.63, 3.8) is 0 Å². The van der Waals surface area contributed by atoms with Gasteiger partial charge in [-0.15, -0.1) is 0 Å². The van der Waals surface area contributed by atoms with E-state index in [9.17, 15) is 22.8 Å². The van der Waals surface area contributed by atoms with Crippen LogP contribution in [0.5, 0.6) is 0 Å². The first-order chi connectivity index (χ1) is 12.2. The minimum absolute atomic E-state index is 0.00228. The van der Waals surface area contributed by atoms with Crippen molar-refractivity contribution in [3.8, 4) is 0 Å². The van der Waals surface area contributed by atoms with Crippen LogP contribution in [0.3, 0.4) is 0 Å². The zero-order valence-corrected chi connectivity index (χ0v) is 16.1. The van der Waals surface area contributed by atoms with Gasteiger partial charge in [0, 0.05) is 12.1 Å². The van der Waals surface area contributed by atoms with Crippen LogP contribution in [0, 0.1) is 5.92 Å². The first-order valence-corrected chi connectivity index (χ1v) is 11.1. The van der Waals surface area contributed by atoms with Crippen molar-refractivity contribution in [2.75, 3.05) is 18.1 Å². The van der Waals surface area contributed by atoms with Gasteiger partial charge < -0.3 is 10.2 Å². The van der Waals surface area contributed by atoms with Crippen LogP contribution in [-0.4, -0.2) is 72.2 Å². The van der Waals surface area contributed by atoms with E-state index < -0.39 is 21.9 Å². The van der Waals surface area contributed by atoms with Gasteiger partial charge in [-0.2, -0.15) is 0 Å². The summed E-state index contributed by atoms with van der Waals surface area (Å²) in [5.74, 6) is -0.704. The molecule has 0 aromatic carbocycles. The molecule has 1 N–H and O–H groups in total. The predicted molar refractivity (Wildman–Crippen MR) is 95.0 cm³/mol. The number of nitrogens with one attached hydrogen (secondary N) is 1. The number of rotatable bonds is 5. The molecule has 2 saturated heterocycles. The van der Waals surface area contributed by atoms with E-state index in [0.29, 0.717) is 6.42 Å². The number of amides is 4. The molecule has 0 unspecified atom stereocenters. The molecule has 3 rings (SSSR count). The van der Waals surface area contributed by atoms with Crippen molar-refractivity contribution in [2.45, 2.75) is 64.1 Å². The highest BCUT2D eigenvalue weighted by Crippen LogP contribution is 2.29. The third-order valence-corrected chi connectivity index (χ3v) is 7.37. The molecule has 0 spiro atoms. The van der Waals surface area contributed by atoms with E-state index in [1.807, 2.05) is 13.8 Å². The molecule has 0 aromatic heterocycles. The van der Waals surface area contributed by atoms with Crippen LogP contribution in [0.1, 0.15) is 46.0 Å². The lowest BCUT2D eigenvalue weighted by molar-refractivity contribution is -0.140. The summed E-state index contributed by atoms with van der Waals surface area (Å²) in [6.45, 7) is 3.35. The van der Waals surface area contributed by atoms with Gasteiger partial charge in [-0.1, -0.05) is 26.7 Å². The Morgan fingerprint density at radius 2 is 1.85 bits per heavy atom. The lowest BCUT2D eigenvalue weighted by Crippen LogP contribution is -2.51. The summed E-state index contributed by atoms with van der Waals surface area (Å²) in [6, 6.07) is -1.51. The Labute approximate surface area is 154 Å². The highest BCUT2D eigenvalue weighted by atomic mass is 32.2. The molecule has 2 heterocycles. The lowest BCUT2D eigenvalue weighted by Gasteiger charge is -2.34. The Hall–Kier alpha value is -1.64. The largest absolute Gasteiger partial charge is 0.334 e. The van der Waals surface area contributed by atoms with Crippen molar-refractivity contribution in [1.82, 2.24) is 15.1 Å². The van der Waals surface area contributed by atoms with E-state index in [-0.39, 0.29) is 47.9 Å². The van der Waals surface area contributed by atoms with Crippen LogP contribution in [0.15, 0.2) is 0 Å². The average Bonchev–Trinajstić information content (AvgIpc) is 3.24. The minimum Gasteiger partial charge on any atom is -0.334 e. The van der Waals surface area contributed by atoms with Gasteiger partial charge in [0.1, 0.15) is 12.6 Å². The SMILES string of the molecule is CC(C)[C@H]1NC(=O)N(CC(=O)N(C2CCCC2)[C@H]2CCS(=O)(=O)C2)C1=O. The van der Waals surface area contributed by atoms with Gasteiger partial charge in [0.25, 0.3) is 5.91 Å². The minimum atomic E-state index is -3.13. The van der Waals surface area contributed by atoms with Crippen LogP contribution in [-0.2, 0) is 19.4 Å². The molecule has 4 amide bonds. The molecule has 8 nitrogen and oxygen atoms in total.